The van der Waals surface area contributed by atoms with Crippen molar-refractivity contribution in [2.75, 3.05) is 33.7 Å². The molecule has 0 aliphatic carbocycles. The van der Waals surface area contributed by atoms with Gasteiger partial charge in [-0.2, -0.15) is 0 Å². The molecule has 1 N–H and O–H groups in total. The molecule has 5 nitrogen and oxygen atoms in total. The van der Waals surface area contributed by atoms with Crippen molar-refractivity contribution in [1.82, 2.24) is 15.1 Å². The summed E-state index contributed by atoms with van der Waals surface area (Å²) in [7, 11) is 3.41. The zero-order chi connectivity index (χ0) is 15.6. The number of nitrogens with zero attached hydrogens (tertiary/aromatic N) is 2. The average molecular weight is 419 g/mol. The first-order valence-electron chi connectivity index (χ1n) is 6.59. The molecule has 0 saturated carbocycles. The molecule has 1 aliphatic heterocycles. The van der Waals surface area contributed by atoms with Gasteiger partial charge >= 0.3 is 0 Å². The maximum atomic E-state index is 12.7. The Labute approximate surface area is 140 Å². The van der Waals surface area contributed by atoms with Gasteiger partial charge in [0.15, 0.2) is 0 Å². The lowest BCUT2D eigenvalue weighted by Crippen LogP contribution is -2.59. The Hall–Kier alpha value is -0.920. The molecule has 114 valence electrons. The van der Waals surface area contributed by atoms with Crippen molar-refractivity contribution in [3.63, 3.8) is 0 Å². The summed E-state index contributed by atoms with van der Waals surface area (Å²) in [4.78, 5) is 28.1. The summed E-state index contributed by atoms with van der Waals surface area (Å²) in [5, 5.41) is 3.17. The fourth-order valence-electron chi connectivity index (χ4n) is 2.31. The van der Waals surface area contributed by atoms with Gasteiger partial charge in [-0.25, -0.2) is 0 Å². The number of amides is 2. The second-order valence-corrected chi connectivity index (χ2v) is 6.94. The van der Waals surface area contributed by atoms with Gasteiger partial charge in [0.25, 0.3) is 5.91 Å². The number of rotatable bonds is 2. The Morgan fingerprint density at radius 1 is 1.24 bits per heavy atom. The van der Waals surface area contributed by atoms with Gasteiger partial charge in [0.2, 0.25) is 5.91 Å². The van der Waals surface area contributed by atoms with Crippen LogP contribution in [0.1, 0.15) is 10.4 Å². The molecule has 0 spiro atoms. The molecule has 1 aromatic carbocycles. The minimum absolute atomic E-state index is 0.0652. The second-order valence-electron chi connectivity index (χ2n) is 5.11. The van der Waals surface area contributed by atoms with E-state index in [1.54, 1.807) is 31.1 Å². The smallest absolute Gasteiger partial charge is 0.254 e. The predicted octanol–water partition coefficient (Wildman–Crippen LogP) is 1.71. The average Bonchev–Trinajstić information content (AvgIpc) is 2.44. The highest BCUT2D eigenvalue weighted by Crippen LogP contribution is 2.22. The Morgan fingerprint density at radius 2 is 1.86 bits per heavy atom. The molecule has 0 radical (unpaired) electrons. The fourth-order valence-corrected chi connectivity index (χ4v) is 3.60. The SMILES string of the molecule is CN(C)C(=O)C1CNCCN1C(=O)c1cc(Br)cc(Br)c1. The first kappa shape index (κ1) is 16.5. The van der Waals surface area contributed by atoms with Crippen LogP contribution in [0.3, 0.4) is 0 Å². The molecule has 1 aliphatic rings. The minimum Gasteiger partial charge on any atom is -0.347 e. The molecule has 21 heavy (non-hydrogen) atoms. The second kappa shape index (κ2) is 6.89. The van der Waals surface area contributed by atoms with Crippen LogP contribution in [0.2, 0.25) is 0 Å². The van der Waals surface area contributed by atoms with E-state index in [9.17, 15) is 9.59 Å². The quantitative estimate of drug-likeness (QED) is 0.795. The number of likely N-dealkylation sites (N-methyl/N-ethyl adjacent to an activating group) is 1. The summed E-state index contributed by atoms with van der Waals surface area (Å²) in [6.45, 7) is 1.70. The number of hydrogen-bond acceptors (Lipinski definition) is 3. The van der Waals surface area contributed by atoms with Gasteiger partial charge in [0.1, 0.15) is 6.04 Å². The lowest BCUT2D eigenvalue weighted by atomic mass is 10.1. The van der Waals surface area contributed by atoms with Crippen molar-refractivity contribution >= 4 is 43.7 Å². The van der Waals surface area contributed by atoms with Gasteiger partial charge < -0.3 is 15.1 Å². The molecule has 2 amide bonds. The van der Waals surface area contributed by atoms with Crippen LogP contribution >= 0.6 is 31.9 Å². The predicted molar refractivity (Wildman–Crippen MR) is 88.2 cm³/mol. The van der Waals surface area contributed by atoms with Crippen LogP contribution in [0, 0.1) is 0 Å². The van der Waals surface area contributed by atoms with E-state index in [4.69, 9.17) is 0 Å². The third-order valence-electron chi connectivity index (χ3n) is 3.34. The van der Waals surface area contributed by atoms with Crippen LogP contribution in [0.4, 0.5) is 0 Å². The zero-order valence-corrected chi connectivity index (χ0v) is 15.1. The standard InChI is InChI=1S/C14H17Br2N3O2/c1-18(2)14(21)12-8-17-3-4-19(12)13(20)9-5-10(15)7-11(16)6-9/h5-7,12,17H,3-4,8H2,1-2H3. The highest BCUT2D eigenvalue weighted by molar-refractivity contribution is 9.11. The van der Waals surface area contributed by atoms with E-state index in [0.29, 0.717) is 25.2 Å². The maximum absolute atomic E-state index is 12.7. The highest BCUT2D eigenvalue weighted by atomic mass is 79.9. The lowest BCUT2D eigenvalue weighted by molar-refractivity contribution is -0.134. The van der Waals surface area contributed by atoms with Crippen molar-refractivity contribution in [3.8, 4) is 0 Å². The molecule has 0 bridgehead atoms. The van der Waals surface area contributed by atoms with E-state index in [2.05, 4.69) is 37.2 Å². The summed E-state index contributed by atoms with van der Waals surface area (Å²) >= 11 is 6.77. The number of nitrogens with one attached hydrogen (secondary N) is 1. The van der Waals surface area contributed by atoms with Crippen molar-refractivity contribution < 1.29 is 9.59 Å². The van der Waals surface area contributed by atoms with E-state index < -0.39 is 6.04 Å². The van der Waals surface area contributed by atoms with E-state index in [0.717, 1.165) is 8.95 Å². The van der Waals surface area contributed by atoms with Gasteiger partial charge in [0.05, 0.1) is 0 Å². The molecule has 1 heterocycles. The fraction of sp³-hybridized carbons (Fsp3) is 0.429. The van der Waals surface area contributed by atoms with Crippen molar-refractivity contribution in [1.29, 1.82) is 0 Å². The van der Waals surface area contributed by atoms with Crippen LogP contribution in [0.25, 0.3) is 0 Å². The normalized spacial score (nSPS) is 18.5. The minimum atomic E-state index is -0.459. The molecule has 1 fully saturated rings. The van der Waals surface area contributed by atoms with Gasteiger partial charge in [-0.3, -0.25) is 9.59 Å². The maximum Gasteiger partial charge on any atom is 0.254 e. The van der Waals surface area contributed by atoms with E-state index in [1.807, 2.05) is 6.07 Å². The first-order chi connectivity index (χ1) is 9.90. The molecule has 1 unspecified atom stereocenters. The van der Waals surface area contributed by atoms with Crippen molar-refractivity contribution in [3.05, 3.63) is 32.7 Å². The highest BCUT2D eigenvalue weighted by Gasteiger charge is 2.33. The number of carbonyl (C=O) groups is 2. The van der Waals surface area contributed by atoms with E-state index in [-0.39, 0.29) is 11.8 Å². The van der Waals surface area contributed by atoms with Gasteiger partial charge in [-0.05, 0) is 18.2 Å². The lowest BCUT2D eigenvalue weighted by Gasteiger charge is -2.36. The summed E-state index contributed by atoms with van der Waals surface area (Å²) in [6.07, 6.45) is 0. The van der Waals surface area contributed by atoms with Crippen LogP contribution in [0.5, 0.6) is 0 Å². The number of hydrogen-bond donors (Lipinski definition) is 1. The van der Waals surface area contributed by atoms with Crippen LogP contribution in [-0.4, -0.2) is 61.4 Å². The van der Waals surface area contributed by atoms with Gasteiger partial charge in [-0.15, -0.1) is 0 Å². The Balaban J connectivity index is 2.28. The molecule has 7 heteroatoms. The third kappa shape index (κ3) is 3.84. The summed E-state index contributed by atoms with van der Waals surface area (Å²) in [5.74, 6) is -0.191. The molecule has 1 aromatic rings. The molecular weight excluding hydrogens is 402 g/mol. The number of carbonyl (C=O) groups excluding carboxylic acids is 2. The Morgan fingerprint density at radius 3 is 2.43 bits per heavy atom. The van der Waals surface area contributed by atoms with Crippen LogP contribution in [0.15, 0.2) is 27.1 Å². The van der Waals surface area contributed by atoms with Gasteiger partial charge in [0, 0.05) is 48.2 Å². The Kier molecular flexibility index (Phi) is 5.40. The largest absolute Gasteiger partial charge is 0.347 e. The first-order valence-corrected chi connectivity index (χ1v) is 8.17. The third-order valence-corrected chi connectivity index (χ3v) is 4.26. The van der Waals surface area contributed by atoms with Crippen molar-refractivity contribution in [2.24, 2.45) is 0 Å². The van der Waals surface area contributed by atoms with Crippen LogP contribution in [-0.2, 0) is 4.79 Å². The molecule has 2 rings (SSSR count). The molecule has 1 atom stereocenters. The summed E-state index contributed by atoms with van der Waals surface area (Å²) in [5.41, 5.74) is 0.565. The van der Waals surface area contributed by atoms with E-state index >= 15 is 0 Å². The van der Waals surface area contributed by atoms with Crippen molar-refractivity contribution in [2.45, 2.75) is 6.04 Å². The van der Waals surface area contributed by atoms with E-state index in [1.165, 1.54) is 4.90 Å². The molecule has 0 aromatic heterocycles. The number of benzene rings is 1. The topological polar surface area (TPSA) is 52.7 Å². The van der Waals surface area contributed by atoms with Gasteiger partial charge in [-0.1, -0.05) is 31.9 Å². The Bertz CT molecular complexity index is 543. The number of piperazine rings is 1. The summed E-state index contributed by atoms with van der Waals surface area (Å²) < 4.78 is 1.65. The zero-order valence-electron chi connectivity index (χ0n) is 11.9. The number of halogens is 2. The summed E-state index contributed by atoms with van der Waals surface area (Å²) in [6, 6.07) is 4.95. The van der Waals surface area contributed by atoms with Crippen LogP contribution < -0.4 is 5.32 Å². The monoisotopic (exact) mass is 417 g/mol. The molecule has 1 saturated heterocycles. The molecular formula is C14H17Br2N3O2.